The molecule has 1 heterocycles. The van der Waals surface area contributed by atoms with E-state index >= 15 is 4.39 Å². The highest BCUT2D eigenvalue weighted by Crippen LogP contribution is 2.50. The Hall–Kier alpha value is -4.97. The fourth-order valence-corrected chi connectivity index (χ4v) is 5.48. The normalized spacial score (nSPS) is 12.1. The number of rotatable bonds is 6. The van der Waals surface area contributed by atoms with Crippen LogP contribution in [0.1, 0.15) is 22.7 Å². The molecule has 1 unspecified atom stereocenters. The molecular weight excluding hydrogens is 493 g/mol. The van der Waals surface area contributed by atoms with E-state index in [1.54, 1.807) is 44.6 Å². The minimum Gasteiger partial charge on any atom is -0.508 e. The first kappa shape index (κ1) is 24.4. The van der Waals surface area contributed by atoms with E-state index in [1.165, 1.54) is 6.07 Å². The third kappa shape index (κ3) is 4.01. The third-order valence-corrected chi connectivity index (χ3v) is 7.25. The molecular formula is C33H26FNO4. The van der Waals surface area contributed by atoms with Crippen molar-refractivity contribution >= 4 is 21.7 Å². The summed E-state index contributed by atoms with van der Waals surface area (Å²) in [5.41, 5.74) is 3.38. The Balaban J connectivity index is 1.79. The summed E-state index contributed by atoms with van der Waals surface area (Å²) in [4.78, 5) is 3.34. The first-order chi connectivity index (χ1) is 19.0. The van der Waals surface area contributed by atoms with Gasteiger partial charge in [0.2, 0.25) is 0 Å². The van der Waals surface area contributed by atoms with Gasteiger partial charge >= 0.3 is 0 Å². The standard InChI is InChI=1S/C33H26FNO4/c1-38-20-15-17-26(36)24(18-20)29(22-10-5-6-13-28(22)39-2)33-31(23-11-7-12-25(34)32(23)35-33)30-21-9-4-3-8-19(21)14-16-27(30)37/h3-18,29,35-37H,1-2H3. The number of phenolic OH excluding ortho intramolecular Hbond substituents is 2. The highest BCUT2D eigenvalue weighted by Gasteiger charge is 2.31. The predicted octanol–water partition coefficient (Wildman–Crippen LogP) is 7.74. The molecule has 3 N–H and O–H groups in total. The largest absolute Gasteiger partial charge is 0.508 e. The Labute approximate surface area is 224 Å². The molecule has 0 fully saturated rings. The SMILES string of the molecule is COc1ccc(O)c(C(c2ccccc2OC)c2[nH]c3c(F)cccc3c2-c2c(O)ccc3ccccc23)c1. The molecule has 0 amide bonds. The van der Waals surface area contributed by atoms with Crippen LogP contribution in [0.15, 0.2) is 97.1 Å². The number of aromatic nitrogens is 1. The van der Waals surface area contributed by atoms with E-state index in [1.807, 2.05) is 60.7 Å². The lowest BCUT2D eigenvalue weighted by molar-refractivity contribution is 0.405. The molecule has 5 nitrogen and oxygen atoms in total. The zero-order valence-corrected chi connectivity index (χ0v) is 21.4. The molecule has 39 heavy (non-hydrogen) atoms. The summed E-state index contributed by atoms with van der Waals surface area (Å²) < 4.78 is 26.6. The summed E-state index contributed by atoms with van der Waals surface area (Å²) in [6, 6.07) is 28.7. The highest BCUT2D eigenvalue weighted by molar-refractivity contribution is 6.09. The summed E-state index contributed by atoms with van der Waals surface area (Å²) in [7, 11) is 3.15. The number of halogens is 1. The molecule has 0 saturated carbocycles. The lowest BCUT2D eigenvalue weighted by atomic mass is 9.83. The molecule has 6 heteroatoms. The van der Waals surface area contributed by atoms with Gasteiger partial charge in [0.1, 0.15) is 28.8 Å². The number of aromatic hydroxyl groups is 2. The lowest BCUT2D eigenvalue weighted by Crippen LogP contribution is -2.08. The van der Waals surface area contributed by atoms with Gasteiger partial charge in [0.05, 0.1) is 25.7 Å². The number of hydrogen-bond donors (Lipinski definition) is 3. The van der Waals surface area contributed by atoms with Gasteiger partial charge in [-0.2, -0.15) is 0 Å². The van der Waals surface area contributed by atoms with Gasteiger partial charge in [-0.25, -0.2) is 4.39 Å². The number of benzene rings is 5. The van der Waals surface area contributed by atoms with Crippen LogP contribution in [0.4, 0.5) is 4.39 Å². The molecule has 6 aromatic rings. The Kier molecular flexibility index (Phi) is 6.08. The molecule has 0 bridgehead atoms. The van der Waals surface area contributed by atoms with Gasteiger partial charge in [-0.15, -0.1) is 0 Å². The maximum absolute atomic E-state index is 15.3. The average Bonchev–Trinajstić information content (AvgIpc) is 3.34. The molecule has 0 saturated heterocycles. The predicted molar refractivity (Wildman–Crippen MR) is 151 cm³/mol. The topological polar surface area (TPSA) is 74.7 Å². The molecule has 1 atom stereocenters. The fourth-order valence-electron chi connectivity index (χ4n) is 5.48. The van der Waals surface area contributed by atoms with Crippen LogP contribution in [0.5, 0.6) is 23.0 Å². The number of phenols is 2. The van der Waals surface area contributed by atoms with E-state index in [0.717, 1.165) is 16.3 Å². The van der Waals surface area contributed by atoms with Gasteiger partial charge in [-0.1, -0.05) is 60.7 Å². The van der Waals surface area contributed by atoms with Gasteiger partial charge < -0.3 is 24.7 Å². The first-order valence-electron chi connectivity index (χ1n) is 12.5. The van der Waals surface area contributed by atoms with E-state index in [4.69, 9.17) is 9.47 Å². The van der Waals surface area contributed by atoms with E-state index < -0.39 is 11.7 Å². The molecule has 0 aliphatic carbocycles. The second kappa shape index (κ2) is 9.72. The average molecular weight is 520 g/mol. The first-order valence-corrected chi connectivity index (χ1v) is 12.5. The molecule has 194 valence electrons. The van der Waals surface area contributed by atoms with Crippen molar-refractivity contribution in [2.75, 3.05) is 14.2 Å². The van der Waals surface area contributed by atoms with E-state index in [2.05, 4.69) is 4.98 Å². The molecule has 1 aromatic heterocycles. The van der Waals surface area contributed by atoms with Gasteiger partial charge in [0.25, 0.3) is 0 Å². The van der Waals surface area contributed by atoms with Crippen LogP contribution in [0.3, 0.4) is 0 Å². The number of H-pyrrole nitrogens is 1. The minimum absolute atomic E-state index is 0.0407. The third-order valence-electron chi connectivity index (χ3n) is 7.25. The van der Waals surface area contributed by atoms with Crippen LogP contribution in [0.25, 0.3) is 32.8 Å². The zero-order valence-electron chi connectivity index (χ0n) is 21.4. The fraction of sp³-hybridized carbons (Fsp3) is 0.0909. The number of hydrogen-bond acceptors (Lipinski definition) is 4. The van der Waals surface area contributed by atoms with Crippen LogP contribution in [-0.4, -0.2) is 29.4 Å². The summed E-state index contributed by atoms with van der Waals surface area (Å²) >= 11 is 0. The van der Waals surface area contributed by atoms with Crippen molar-refractivity contribution in [3.8, 4) is 34.1 Å². The summed E-state index contributed by atoms with van der Waals surface area (Å²) in [6.07, 6.45) is 0. The Morgan fingerprint density at radius 1 is 0.692 bits per heavy atom. The van der Waals surface area contributed by atoms with Gasteiger partial charge in [0, 0.05) is 33.3 Å². The van der Waals surface area contributed by atoms with Crippen molar-refractivity contribution in [3.63, 3.8) is 0 Å². The molecule has 0 aliphatic heterocycles. The van der Waals surface area contributed by atoms with Crippen LogP contribution < -0.4 is 9.47 Å². The molecule has 0 aliphatic rings. The second-order valence-electron chi connectivity index (χ2n) is 9.36. The summed E-state index contributed by atoms with van der Waals surface area (Å²) in [6.45, 7) is 0. The van der Waals surface area contributed by atoms with Crippen LogP contribution in [0.2, 0.25) is 0 Å². The maximum atomic E-state index is 15.3. The van der Waals surface area contributed by atoms with Crippen molar-refractivity contribution in [2.24, 2.45) is 0 Å². The number of para-hydroxylation sites is 2. The van der Waals surface area contributed by atoms with Gasteiger partial charge in [-0.3, -0.25) is 0 Å². The maximum Gasteiger partial charge on any atom is 0.147 e. The van der Waals surface area contributed by atoms with Crippen LogP contribution in [-0.2, 0) is 0 Å². The molecule has 5 aromatic carbocycles. The minimum atomic E-state index is -0.642. The molecule has 6 rings (SSSR count). The van der Waals surface area contributed by atoms with Crippen molar-refractivity contribution in [1.29, 1.82) is 0 Å². The Morgan fingerprint density at radius 3 is 2.26 bits per heavy atom. The van der Waals surface area contributed by atoms with Crippen LogP contribution >= 0.6 is 0 Å². The van der Waals surface area contributed by atoms with Crippen molar-refractivity contribution < 1.29 is 24.1 Å². The van der Waals surface area contributed by atoms with Crippen molar-refractivity contribution in [3.05, 3.63) is 120 Å². The highest BCUT2D eigenvalue weighted by atomic mass is 19.1. The second-order valence-corrected chi connectivity index (χ2v) is 9.36. The number of nitrogens with one attached hydrogen (secondary N) is 1. The van der Waals surface area contributed by atoms with E-state index in [-0.39, 0.29) is 11.5 Å². The summed E-state index contributed by atoms with van der Waals surface area (Å²) in [5.74, 6) is 0.189. The molecule has 0 spiro atoms. The monoisotopic (exact) mass is 519 g/mol. The van der Waals surface area contributed by atoms with Crippen LogP contribution in [0, 0.1) is 5.82 Å². The lowest BCUT2D eigenvalue weighted by Gasteiger charge is -2.23. The quantitative estimate of drug-likeness (QED) is 0.210. The zero-order chi connectivity index (χ0) is 27.1. The van der Waals surface area contributed by atoms with Crippen molar-refractivity contribution in [2.45, 2.75) is 5.92 Å². The number of ether oxygens (including phenoxy) is 2. The Bertz CT molecular complexity index is 1840. The Morgan fingerprint density at radius 2 is 1.44 bits per heavy atom. The number of fused-ring (bicyclic) bond motifs is 2. The smallest absolute Gasteiger partial charge is 0.147 e. The van der Waals surface area contributed by atoms with Crippen molar-refractivity contribution in [1.82, 2.24) is 4.98 Å². The van der Waals surface area contributed by atoms with E-state index in [9.17, 15) is 10.2 Å². The van der Waals surface area contributed by atoms with E-state index in [0.29, 0.717) is 44.8 Å². The van der Waals surface area contributed by atoms with Gasteiger partial charge in [0.15, 0.2) is 0 Å². The summed E-state index contributed by atoms with van der Waals surface area (Å²) in [5, 5.41) is 24.8. The number of aromatic amines is 1. The number of methoxy groups -OCH3 is 2. The molecule has 0 radical (unpaired) electrons. The van der Waals surface area contributed by atoms with Gasteiger partial charge in [-0.05, 0) is 47.2 Å².